The smallest absolute Gasteiger partial charge is 0.165 e. The highest BCUT2D eigenvalue weighted by Crippen LogP contribution is 2.23. The first-order valence-corrected chi connectivity index (χ1v) is 4.50. The molecule has 0 saturated heterocycles. The number of halogens is 2. The lowest BCUT2D eigenvalue weighted by molar-refractivity contribution is 0.321. The third-order valence-electron chi connectivity index (χ3n) is 1.92. The van der Waals surface area contributed by atoms with Gasteiger partial charge < -0.3 is 4.74 Å². The zero-order valence-electron chi connectivity index (χ0n) is 8.31. The molecule has 0 heterocycles. The zero-order chi connectivity index (χ0) is 10.6. The SMILES string of the molecule is CCOc1cc([C](C)CF)ccc1F. The normalized spacial score (nSPS) is 10.6. The molecule has 14 heavy (non-hydrogen) atoms. The maximum Gasteiger partial charge on any atom is 0.165 e. The Kier molecular flexibility index (Phi) is 3.86. The molecule has 0 bridgehead atoms. The highest BCUT2D eigenvalue weighted by Gasteiger charge is 2.09. The summed E-state index contributed by atoms with van der Waals surface area (Å²) < 4.78 is 30.5. The molecule has 0 aliphatic rings. The van der Waals surface area contributed by atoms with Crippen LogP contribution in [0.25, 0.3) is 0 Å². The number of rotatable bonds is 4. The van der Waals surface area contributed by atoms with E-state index < -0.39 is 12.5 Å². The van der Waals surface area contributed by atoms with Crippen LogP contribution in [0, 0.1) is 11.7 Å². The minimum absolute atomic E-state index is 0.179. The number of hydrogen-bond acceptors (Lipinski definition) is 1. The molecular formula is C11H13F2O. The minimum Gasteiger partial charge on any atom is -0.491 e. The van der Waals surface area contributed by atoms with Crippen LogP contribution in [0.15, 0.2) is 18.2 Å². The van der Waals surface area contributed by atoms with Gasteiger partial charge in [-0.15, -0.1) is 0 Å². The van der Waals surface area contributed by atoms with Gasteiger partial charge in [-0.25, -0.2) is 4.39 Å². The standard InChI is InChI=1S/C11H13F2O/c1-3-14-11-6-9(8(2)7-12)4-5-10(11)13/h4-6H,3,7H2,1-2H3. The van der Waals surface area contributed by atoms with Gasteiger partial charge in [-0.1, -0.05) is 13.0 Å². The Balaban J connectivity index is 2.93. The van der Waals surface area contributed by atoms with Crippen LogP contribution in [0.5, 0.6) is 5.75 Å². The molecule has 1 aromatic rings. The Labute approximate surface area is 82.7 Å². The van der Waals surface area contributed by atoms with Crippen LogP contribution in [-0.2, 0) is 0 Å². The minimum atomic E-state index is -0.531. The van der Waals surface area contributed by atoms with Crippen molar-refractivity contribution in [2.45, 2.75) is 13.8 Å². The molecular weight excluding hydrogens is 186 g/mol. The van der Waals surface area contributed by atoms with Crippen molar-refractivity contribution < 1.29 is 13.5 Å². The lowest BCUT2D eigenvalue weighted by atomic mass is 10.0. The number of hydrogen-bond donors (Lipinski definition) is 0. The van der Waals surface area contributed by atoms with Crippen molar-refractivity contribution in [1.29, 1.82) is 0 Å². The molecule has 0 N–H and O–H groups in total. The zero-order valence-corrected chi connectivity index (χ0v) is 8.31. The van der Waals surface area contributed by atoms with E-state index in [4.69, 9.17) is 4.74 Å². The fourth-order valence-electron chi connectivity index (χ4n) is 1.11. The second-order valence-corrected chi connectivity index (χ2v) is 2.99. The number of ether oxygens (including phenoxy) is 1. The van der Waals surface area contributed by atoms with E-state index in [2.05, 4.69) is 0 Å². The van der Waals surface area contributed by atoms with Gasteiger partial charge in [0.2, 0.25) is 0 Å². The van der Waals surface area contributed by atoms with Gasteiger partial charge in [0.15, 0.2) is 11.6 Å². The summed E-state index contributed by atoms with van der Waals surface area (Å²) in [6.07, 6.45) is 0. The molecule has 0 saturated carbocycles. The Bertz CT molecular complexity index is 299. The van der Waals surface area contributed by atoms with Crippen molar-refractivity contribution in [2.24, 2.45) is 0 Å². The van der Waals surface area contributed by atoms with Crippen LogP contribution in [0.3, 0.4) is 0 Å². The van der Waals surface area contributed by atoms with Gasteiger partial charge in [0, 0.05) is 5.92 Å². The van der Waals surface area contributed by atoms with Gasteiger partial charge in [0.25, 0.3) is 0 Å². The molecule has 0 aliphatic carbocycles. The van der Waals surface area contributed by atoms with E-state index in [-0.39, 0.29) is 5.75 Å². The van der Waals surface area contributed by atoms with Crippen LogP contribution in [0.1, 0.15) is 19.4 Å². The number of alkyl halides is 1. The summed E-state index contributed by atoms with van der Waals surface area (Å²) in [6.45, 7) is 3.31. The third-order valence-corrected chi connectivity index (χ3v) is 1.92. The quantitative estimate of drug-likeness (QED) is 0.723. The molecule has 0 fully saturated rings. The van der Waals surface area contributed by atoms with E-state index in [0.717, 1.165) is 0 Å². The van der Waals surface area contributed by atoms with Gasteiger partial charge in [-0.2, -0.15) is 0 Å². The van der Waals surface area contributed by atoms with Crippen LogP contribution in [0.4, 0.5) is 8.78 Å². The maximum atomic E-state index is 13.1. The molecule has 3 heteroatoms. The Morgan fingerprint density at radius 3 is 2.71 bits per heavy atom. The molecule has 0 amide bonds. The summed E-state index contributed by atoms with van der Waals surface area (Å²) in [6, 6.07) is 4.36. The van der Waals surface area contributed by atoms with Crippen LogP contribution < -0.4 is 4.74 Å². The molecule has 0 aromatic heterocycles. The molecule has 0 unspecified atom stereocenters. The van der Waals surface area contributed by atoms with E-state index in [1.807, 2.05) is 0 Å². The van der Waals surface area contributed by atoms with Crippen LogP contribution in [-0.4, -0.2) is 13.3 Å². The predicted molar refractivity (Wildman–Crippen MR) is 51.6 cm³/mol. The average molecular weight is 199 g/mol. The van der Waals surface area contributed by atoms with Gasteiger partial charge in [-0.05, 0) is 24.6 Å². The highest BCUT2D eigenvalue weighted by molar-refractivity contribution is 5.37. The third kappa shape index (κ3) is 2.44. The fourth-order valence-corrected chi connectivity index (χ4v) is 1.11. The average Bonchev–Trinajstić information content (AvgIpc) is 2.20. The van der Waals surface area contributed by atoms with Crippen molar-refractivity contribution >= 4 is 0 Å². The molecule has 0 atom stereocenters. The van der Waals surface area contributed by atoms with Crippen molar-refractivity contribution in [2.75, 3.05) is 13.3 Å². The molecule has 77 valence electrons. The first-order valence-electron chi connectivity index (χ1n) is 4.50. The first-order chi connectivity index (χ1) is 6.69. The molecule has 0 spiro atoms. The Hall–Kier alpha value is -1.12. The maximum absolute atomic E-state index is 13.1. The monoisotopic (exact) mass is 199 g/mol. The van der Waals surface area contributed by atoms with Gasteiger partial charge in [-0.3, -0.25) is 4.39 Å². The van der Waals surface area contributed by atoms with Crippen LogP contribution >= 0.6 is 0 Å². The van der Waals surface area contributed by atoms with Gasteiger partial charge >= 0.3 is 0 Å². The van der Waals surface area contributed by atoms with Crippen LogP contribution in [0.2, 0.25) is 0 Å². The summed E-state index contributed by atoms with van der Waals surface area (Å²) in [4.78, 5) is 0. The van der Waals surface area contributed by atoms with E-state index in [1.165, 1.54) is 12.1 Å². The van der Waals surface area contributed by atoms with Gasteiger partial charge in [0.1, 0.15) is 0 Å². The Morgan fingerprint density at radius 1 is 1.43 bits per heavy atom. The summed E-state index contributed by atoms with van der Waals surface area (Å²) in [5.41, 5.74) is 0.678. The second-order valence-electron chi connectivity index (χ2n) is 2.99. The van der Waals surface area contributed by atoms with E-state index in [1.54, 1.807) is 19.9 Å². The first kappa shape index (κ1) is 11.0. The van der Waals surface area contributed by atoms with Gasteiger partial charge in [0.05, 0.1) is 13.3 Å². The summed E-state index contributed by atoms with van der Waals surface area (Å²) in [5.74, 6) is 0.339. The Morgan fingerprint density at radius 2 is 2.14 bits per heavy atom. The molecule has 1 radical (unpaired) electrons. The van der Waals surface area contributed by atoms with E-state index in [9.17, 15) is 8.78 Å². The summed E-state index contributed by atoms with van der Waals surface area (Å²) in [7, 11) is 0. The molecule has 1 nitrogen and oxygen atoms in total. The van der Waals surface area contributed by atoms with Crippen molar-refractivity contribution in [3.05, 3.63) is 35.5 Å². The molecule has 1 rings (SSSR count). The van der Waals surface area contributed by atoms with Crippen molar-refractivity contribution in [1.82, 2.24) is 0 Å². The summed E-state index contributed by atoms with van der Waals surface area (Å²) in [5, 5.41) is 0. The van der Waals surface area contributed by atoms with E-state index in [0.29, 0.717) is 18.1 Å². The number of benzene rings is 1. The lowest BCUT2D eigenvalue weighted by Crippen LogP contribution is -2.00. The largest absolute Gasteiger partial charge is 0.491 e. The van der Waals surface area contributed by atoms with Crippen molar-refractivity contribution in [3.63, 3.8) is 0 Å². The van der Waals surface area contributed by atoms with E-state index >= 15 is 0 Å². The summed E-state index contributed by atoms with van der Waals surface area (Å²) >= 11 is 0. The molecule has 1 aromatic carbocycles. The predicted octanol–water partition coefficient (Wildman–Crippen LogP) is 3.14. The molecule has 0 aliphatic heterocycles. The lowest BCUT2D eigenvalue weighted by Gasteiger charge is -2.10. The fraction of sp³-hybridized carbons (Fsp3) is 0.364. The topological polar surface area (TPSA) is 9.23 Å². The second kappa shape index (κ2) is 4.94. The highest BCUT2D eigenvalue weighted by atomic mass is 19.1. The van der Waals surface area contributed by atoms with Crippen molar-refractivity contribution in [3.8, 4) is 5.75 Å².